The van der Waals surface area contributed by atoms with Crippen LogP contribution in [-0.2, 0) is 65.4 Å². The summed E-state index contributed by atoms with van der Waals surface area (Å²) in [5.41, 5.74) is 0. The largest absolute Gasteiger partial charge is 0.472 e. The van der Waals surface area contributed by atoms with E-state index in [0.29, 0.717) is 32.1 Å². The summed E-state index contributed by atoms with van der Waals surface area (Å²) in [6.07, 6.45) is 98.3. The standard InChI is InChI=1S/C87H132O17P2/c1-5-9-13-17-21-25-29-33-37-39-40-42-46-48-52-56-60-64-68-72-85(90)98-78-83(104-87(92)74-70-66-62-58-54-50-44-36-32-28-24-20-16-12-8-4)80-102-106(95,96)100-76-81(88)75-99-105(93,94)101-79-82(103-86(91)73-69-65-61-57-53-49-43-35-31-27-23-19-15-11-7-3)77-97-84(89)71-67-63-59-55-51-47-45-41-38-34-30-26-22-18-14-10-6-2/h9-16,21-28,33-38,40,42-44,48,52-54,57-58,60,64-66,69-70,81-83,88H,5-8,17-20,29-32,39,41,45-47,49-51,55-56,59,61-63,67-68,71-80H2,1-4H3,(H,93,94)(H,95,96)/b13-9-,14-10-,15-11-,16-12-,25-21-,26-22-,27-23-,28-24-,37-33-,38-34-,42-40-,43-35-,44-36-,52-48-,57-53-,58-54-,64-60-,69-65-,70-66-. The van der Waals surface area contributed by atoms with Gasteiger partial charge in [-0.2, -0.15) is 0 Å². The zero-order chi connectivity index (χ0) is 77.4. The maximum atomic E-state index is 13.1. The van der Waals surface area contributed by atoms with Gasteiger partial charge in [0.2, 0.25) is 0 Å². The number of carbonyl (C=O) groups is 4. The molecule has 0 amide bonds. The highest BCUT2D eigenvalue weighted by Crippen LogP contribution is 2.45. The summed E-state index contributed by atoms with van der Waals surface area (Å²) < 4.78 is 68.1. The predicted molar refractivity (Wildman–Crippen MR) is 435 cm³/mol. The molecule has 106 heavy (non-hydrogen) atoms. The molecule has 0 spiro atoms. The Morgan fingerprint density at radius 2 is 0.509 bits per heavy atom. The molecule has 0 aromatic rings. The van der Waals surface area contributed by atoms with Gasteiger partial charge in [0, 0.05) is 12.8 Å². The molecule has 0 fully saturated rings. The van der Waals surface area contributed by atoms with Crippen molar-refractivity contribution in [2.45, 2.75) is 251 Å². The van der Waals surface area contributed by atoms with E-state index in [4.69, 9.17) is 37.0 Å². The number of phosphoric acid groups is 2. The maximum absolute atomic E-state index is 13.1. The second-order valence-electron chi connectivity index (χ2n) is 24.4. The van der Waals surface area contributed by atoms with E-state index >= 15 is 0 Å². The van der Waals surface area contributed by atoms with Crippen LogP contribution in [0.25, 0.3) is 0 Å². The van der Waals surface area contributed by atoms with Gasteiger partial charge in [0.25, 0.3) is 0 Å². The molecule has 19 heteroatoms. The lowest BCUT2D eigenvalue weighted by molar-refractivity contribution is -0.160. The van der Waals surface area contributed by atoms with Crippen molar-refractivity contribution in [1.82, 2.24) is 0 Å². The monoisotopic (exact) mass is 1510 g/mol. The second-order valence-corrected chi connectivity index (χ2v) is 27.4. The lowest BCUT2D eigenvalue weighted by Crippen LogP contribution is -2.30. The Morgan fingerprint density at radius 3 is 0.811 bits per heavy atom. The van der Waals surface area contributed by atoms with Crippen molar-refractivity contribution in [2.75, 3.05) is 39.6 Å². The summed E-state index contributed by atoms with van der Waals surface area (Å²) >= 11 is 0. The molecule has 0 saturated carbocycles. The van der Waals surface area contributed by atoms with E-state index in [1.165, 1.54) is 0 Å². The Morgan fingerprint density at radius 1 is 0.274 bits per heavy atom. The highest BCUT2D eigenvalue weighted by Gasteiger charge is 2.30. The number of hydrogen-bond donors (Lipinski definition) is 3. The zero-order valence-corrected chi connectivity index (χ0v) is 66.3. The molecular formula is C87H132O17P2. The van der Waals surface area contributed by atoms with E-state index in [1.807, 2.05) is 42.5 Å². The van der Waals surface area contributed by atoms with Gasteiger partial charge in [0.1, 0.15) is 19.3 Å². The molecule has 0 aliphatic heterocycles. The first-order valence-corrected chi connectivity index (χ1v) is 41.6. The fourth-order valence-electron chi connectivity index (χ4n) is 9.00. The van der Waals surface area contributed by atoms with Crippen molar-refractivity contribution in [2.24, 2.45) is 0 Å². The van der Waals surface area contributed by atoms with Crippen LogP contribution < -0.4 is 0 Å². The fourth-order valence-corrected chi connectivity index (χ4v) is 10.6. The van der Waals surface area contributed by atoms with Crippen molar-refractivity contribution in [3.05, 3.63) is 231 Å². The molecule has 0 aliphatic carbocycles. The number of allylic oxidation sites excluding steroid dienone is 36. The van der Waals surface area contributed by atoms with Crippen molar-refractivity contribution < 1.29 is 80.2 Å². The first-order valence-electron chi connectivity index (χ1n) is 38.6. The fraction of sp³-hybridized carbons (Fsp3) is 0.517. The van der Waals surface area contributed by atoms with Gasteiger partial charge in [-0.25, -0.2) is 9.13 Å². The highest BCUT2D eigenvalue weighted by molar-refractivity contribution is 7.47. The number of carbonyl (C=O) groups excluding carboxylic acids is 4. The van der Waals surface area contributed by atoms with Gasteiger partial charge < -0.3 is 33.8 Å². The molecule has 0 radical (unpaired) electrons. The van der Waals surface area contributed by atoms with Crippen molar-refractivity contribution >= 4 is 39.5 Å². The van der Waals surface area contributed by atoms with Gasteiger partial charge >= 0.3 is 39.5 Å². The van der Waals surface area contributed by atoms with Crippen LogP contribution in [0.15, 0.2) is 231 Å². The molecule has 5 atom stereocenters. The summed E-state index contributed by atoms with van der Waals surface area (Å²) in [4.78, 5) is 72.8. The third-order valence-electron chi connectivity index (χ3n) is 14.7. The van der Waals surface area contributed by atoms with Crippen molar-refractivity contribution in [3.8, 4) is 0 Å². The van der Waals surface area contributed by atoms with Gasteiger partial charge in [0.15, 0.2) is 12.2 Å². The Kier molecular flexibility index (Phi) is 71.4. The smallest absolute Gasteiger partial charge is 0.462 e. The zero-order valence-electron chi connectivity index (χ0n) is 64.5. The van der Waals surface area contributed by atoms with E-state index in [2.05, 4.69) is 192 Å². The lowest BCUT2D eigenvalue weighted by atomic mass is 10.1. The molecule has 0 aliphatic rings. The molecule has 0 bridgehead atoms. The molecule has 3 N–H and O–H groups in total. The summed E-state index contributed by atoms with van der Waals surface area (Å²) in [5.74, 6) is -2.62. The van der Waals surface area contributed by atoms with E-state index in [9.17, 15) is 43.2 Å². The molecule has 0 heterocycles. The number of unbranched alkanes of at least 4 members (excludes halogenated alkanes) is 7. The van der Waals surface area contributed by atoms with Crippen LogP contribution >= 0.6 is 15.6 Å². The number of ether oxygens (including phenoxy) is 4. The van der Waals surface area contributed by atoms with E-state index in [0.717, 1.165) is 148 Å². The Bertz CT molecular complexity index is 2930. The van der Waals surface area contributed by atoms with E-state index in [1.54, 1.807) is 24.3 Å². The van der Waals surface area contributed by atoms with E-state index in [-0.39, 0.29) is 25.7 Å². The highest BCUT2D eigenvalue weighted by atomic mass is 31.2. The van der Waals surface area contributed by atoms with Crippen LogP contribution in [0.4, 0.5) is 0 Å². The second kappa shape index (κ2) is 76.3. The molecule has 17 nitrogen and oxygen atoms in total. The number of phosphoric ester groups is 2. The minimum atomic E-state index is -5.04. The topological polar surface area (TPSA) is 237 Å². The number of esters is 4. The third-order valence-corrected chi connectivity index (χ3v) is 16.6. The Labute approximate surface area is 638 Å². The number of aliphatic hydroxyl groups excluding tert-OH is 1. The van der Waals surface area contributed by atoms with Crippen molar-refractivity contribution in [1.29, 1.82) is 0 Å². The first kappa shape index (κ1) is 99.1. The molecule has 5 unspecified atom stereocenters. The first-order chi connectivity index (χ1) is 51.7. The maximum Gasteiger partial charge on any atom is 0.472 e. The van der Waals surface area contributed by atoms with Gasteiger partial charge in [-0.15, -0.1) is 0 Å². The van der Waals surface area contributed by atoms with Gasteiger partial charge in [-0.3, -0.25) is 37.3 Å². The Balaban J connectivity index is 5.59. The number of hydrogen-bond acceptors (Lipinski definition) is 15. The van der Waals surface area contributed by atoms with Crippen LogP contribution in [0.3, 0.4) is 0 Å². The Hall–Kier alpha value is -6.88. The molecule has 0 aromatic carbocycles. The number of rotatable bonds is 69. The van der Waals surface area contributed by atoms with E-state index < -0.39 is 97.5 Å². The normalized spacial score (nSPS) is 15.1. The molecule has 0 saturated heterocycles. The van der Waals surface area contributed by atoms with Crippen LogP contribution in [0.2, 0.25) is 0 Å². The molecular weight excluding hydrogens is 1380 g/mol. The van der Waals surface area contributed by atoms with Gasteiger partial charge in [-0.05, 0) is 148 Å². The average Bonchev–Trinajstić information content (AvgIpc) is 0.909. The molecule has 0 aromatic heterocycles. The minimum absolute atomic E-state index is 0.00388. The van der Waals surface area contributed by atoms with Crippen LogP contribution in [0.5, 0.6) is 0 Å². The summed E-state index contributed by atoms with van der Waals surface area (Å²) in [7, 11) is -10.1. The minimum Gasteiger partial charge on any atom is -0.462 e. The molecule has 0 rings (SSSR count). The number of aliphatic hydroxyl groups is 1. The lowest BCUT2D eigenvalue weighted by Gasteiger charge is -2.21. The summed E-state index contributed by atoms with van der Waals surface area (Å²) in [5, 5.41) is 10.6. The summed E-state index contributed by atoms with van der Waals surface area (Å²) in [6.45, 7) is 4.03. The summed E-state index contributed by atoms with van der Waals surface area (Å²) in [6, 6.07) is 0. The van der Waals surface area contributed by atoms with Gasteiger partial charge in [-0.1, -0.05) is 291 Å². The third kappa shape index (κ3) is 75.4. The average molecular weight is 1510 g/mol. The van der Waals surface area contributed by atoms with Gasteiger partial charge in [0.05, 0.1) is 39.3 Å². The van der Waals surface area contributed by atoms with Crippen LogP contribution in [-0.4, -0.2) is 96.7 Å². The van der Waals surface area contributed by atoms with Crippen molar-refractivity contribution in [3.63, 3.8) is 0 Å². The molecule has 592 valence electrons. The van der Waals surface area contributed by atoms with Crippen LogP contribution in [0.1, 0.15) is 233 Å². The quantitative estimate of drug-likeness (QED) is 0.0169. The SMILES string of the molecule is CC/C=C\C/C=C\C/C=C\C/C=C\C/C=C\C/C=C\CCC(=O)OCC(COP(=O)(O)OCC(O)COP(=O)(O)OCC(COC(=O)CCCCCCCCC/C=C\C/C=C\C/C=C\CC)OC(=O)C/C=C\C/C=C\C/C=C\C/C=C\C/C=C\CC)OC(=O)C/C=C\C/C=C\C/C=C\C/C=C\C/C=C\CC. The predicted octanol–water partition coefficient (Wildman–Crippen LogP) is 22.7. The van der Waals surface area contributed by atoms with Crippen LogP contribution in [0, 0.1) is 0 Å².